The molecule has 0 aliphatic carbocycles. The molecule has 0 saturated heterocycles. The number of nitrogens with zero attached hydrogens (tertiary/aromatic N) is 1. The van der Waals surface area contributed by atoms with Crippen LogP contribution in [0.25, 0.3) is 10.9 Å². The van der Waals surface area contributed by atoms with Crippen molar-refractivity contribution in [2.24, 2.45) is 0 Å². The number of aliphatic hydroxyl groups is 1. The van der Waals surface area contributed by atoms with Crippen LogP contribution in [0.1, 0.15) is 27.9 Å². The number of benzene rings is 2. The van der Waals surface area contributed by atoms with E-state index in [2.05, 4.69) is 27.5 Å². The summed E-state index contributed by atoms with van der Waals surface area (Å²) in [5.41, 5.74) is 3.27. The molecule has 0 aliphatic heterocycles. The Bertz CT molecular complexity index is 1140. The molecule has 1 atom stereocenters. The average molecular weight is 433 g/mol. The molecule has 7 nitrogen and oxygen atoms in total. The number of aromatic nitrogens is 1. The third-order valence-electron chi connectivity index (χ3n) is 5.19. The number of aromatic amines is 1. The van der Waals surface area contributed by atoms with Crippen molar-refractivity contribution in [3.8, 4) is 11.8 Å². The fourth-order valence-corrected chi connectivity index (χ4v) is 3.41. The van der Waals surface area contributed by atoms with Gasteiger partial charge in [0, 0.05) is 55.3 Å². The van der Waals surface area contributed by atoms with Gasteiger partial charge in [-0.2, -0.15) is 0 Å². The zero-order valence-electron chi connectivity index (χ0n) is 18.3. The average Bonchev–Trinajstić information content (AvgIpc) is 3.23. The van der Waals surface area contributed by atoms with Crippen molar-refractivity contribution in [3.63, 3.8) is 0 Å². The zero-order chi connectivity index (χ0) is 22.9. The molecule has 2 aromatic carbocycles. The van der Waals surface area contributed by atoms with Crippen LogP contribution in [0.4, 0.5) is 4.79 Å². The highest BCUT2D eigenvalue weighted by molar-refractivity contribution is 5.94. The summed E-state index contributed by atoms with van der Waals surface area (Å²) >= 11 is 0. The Labute approximate surface area is 187 Å². The number of carbonyl (C=O) groups excluding carboxylic acids is 2. The standard InChI is InChI=1S/C25H28N4O3/c1-26-25(32)29(2)13-6-5-8-18-9-7-10-19(14-18)24(31)28-21(17-30)15-20-16-27-23-12-4-3-11-22(20)23/h3-4,7,9-12,14,16,21,27,30H,6,13,15,17H2,1-2H3,(H,26,32)(H,28,31)/t21-/m1/s1. The Morgan fingerprint density at radius 2 is 2.00 bits per heavy atom. The van der Waals surface area contributed by atoms with Crippen LogP contribution >= 0.6 is 0 Å². The molecule has 0 fully saturated rings. The molecule has 7 heteroatoms. The molecule has 0 bridgehead atoms. The van der Waals surface area contributed by atoms with Gasteiger partial charge in [-0.25, -0.2) is 4.79 Å². The first kappa shape index (κ1) is 22.9. The van der Waals surface area contributed by atoms with Crippen LogP contribution in [0, 0.1) is 11.8 Å². The third kappa shape index (κ3) is 5.90. The Morgan fingerprint density at radius 3 is 2.78 bits per heavy atom. The Hall–Kier alpha value is -3.76. The lowest BCUT2D eigenvalue weighted by atomic mass is 10.0. The smallest absolute Gasteiger partial charge is 0.316 e. The maximum atomic E-state index is 12.8. The number of rotatable bonds is 7. The molecule has 32 heavy (non-hydrogen) atoms. The largest absolute Gasteiger partial charge is 0.394 e. The molecule has 0 unspecified atom stereocenters. The highest BCUT2D eigenvalue weighted by Gasteiger charge is 2.16. The van der Waals surface area contributed by atoms with Gasteiger partial charge in [0.05, 0.1) is 12.6 Å². The lowest BCUT2D eigenvalue weighted by molar-refractivity contribution is 0.0916. The fourth-order valence-electron chi connectivity index (χ4n) is 3.41. The van der Waals surface area contributed by atoms with Gasteiger partial charge in [0.1, 0.15) is 0 Å². The quantitative estimate of drug-likeness (QED) is 0.432. The molecule has 4 N–H and O–H groups in total. The zero-order valence-corrected chi connectivity index (χ0v) is 18.3. The summed E-state index contributed by atoms with van der Waals surface area (Å²) in [7, 11) is 3.29. The van der Waals surface area contributed by atoms with Gasteiger partial charge >= 0.3 is 6.03 Å². The maximum Gasteiger partial charge on any atom is 0.316 e. The van der Waals surface area contributed by atoms with E-state index in [4.69, 9.17) is 0 Å². The first-order valence-corrected chi connectivity index (χ1v) is 10.5. The van der Waals surface area contributed by atoms with Crippen molar-refractivity contribution in [2.75, 3.05) is 27.2 Å². The molecule has 0 spiro atoms. The molecule has 1 aromatic heterocycles. The molecular weight excluding hydrogens is 404 g/mol. The van der Waals surface area contributed by atoms with Gasteiger partial charge in [0.25, 0.3) is 5.91 Å². The molecule has 0 saturated carbocycles. The maximum absolute atomic E-state index is 12.8. The van der Waals surface area contributed by atoms with Crippen LogP contribution in [0.15, 0.2) is 54.7 Å². The van der Waals surface area contributed by atoms with Crippen molar-refractivity contribution >= 4 is 22.8 Å². The van der Waals surface area contributed by atoms with Crippen molar-refractivity contribution in [1.82, 2.24) is 20.5 Å². The molecule has 3 rings (SSSR count). The van der Waals surface area contributed by atoms with Gasteiger partial charge in [0.15, 0.2) is 0 Å². The predicted molar refractivity (Wildman–Crippen MR) is 125 cm³/mol. The van der Waals surface area contributed by atoms with E-state index in [1.54, 1.807) is 37.2 Å². The fraction of sp³-hybridized carbons (Fsp3) is 0.280. The lowest BCUT2D eigenvalue weighted by Gasteiger charge is -2.16. The summed E-state index contributed by atoms with van der Waals surface area (Å²) in [6, 6.07) is 14.4. The Balaban J connectivity index is 1.61. The minimum absolute atomic E-state index is 0.156. The van der Waals surface area contributed by atoms with Crippen LogP contribution in [0.2, 0.25) is 0 Å². The van der Waals surface area contributed by atoms with Crippen LogP contribution in [0.3, 0.4) is 0 Å². The molecule has 0 radical (unpaired) electrons. The minimum atomic E-state index is -0.406. The van der Waals surface area contributed by atoms with Crippen LogP contribution in [-0.2, 0) is 6.42 Å². The van der Waals surface area contributed by atoms with Crippen molar-refractivity contribution < 1.29 is 14.7 Å². The number of hydrogen-bond donors (Lipinski definition) is 4. The number of nitrogens with one attached hydrogen (secondary N) is 3. The molecule has 3 aromatic rings. The van der Waals surface area contributed by atoms with E-state index in [0.29, 0.717) is 24.9 Å². The number of hydrogen-bond acceptors (Lipinski definition) is 3. The molecule has 0 aliphatic rings. The molecule has 1 heterocycles. The van der Waals surface area contributed by atoms with Gasteiger partial charge in [0.2, 0.25) is 0 Å². The van der Waals surface area contributed by atoms with E-state index in [1.807, 2.05) is 36.5 Å². The second-order valence-electron chi connectivity index (χ2n) is 7.53. The van der Waals surface area contributed by atoms with Crippen molar-refractivity contribution in [3.05, 3.63) is 71.4 Å². The first-order chi connectivity index (χ1) is 15.5. The number of carbonyl (C=O) groups is 2. The van der Waals surface area contributed by atoms with E-state index in [0.717, 1.165) is 22.0 Å². The highest BCUT2D eigenvalue weighted by Crippen LogP contribution is 2.19. The van der Waals surface area contributed by atoms with E-state index >= 15 is 0 Å². The van der Waals surface area contributed by atoms with Crippen molar-refractivity contribution in [1.29, 1.82) is 0 Å². The van der Waals surface area contributed by atoms with Gasteiger partial charge in [-0.3, -0.25) is 4.79 Å². The number of amides is 3. The van der Waals surface area contributed by atoms with Gasteiger partial charge in [-0.05, 0) is 36.2 Å². The highest BCUT2D eigenvalue weighted by atomic mass is 16.3. The minimum Gasteiger partial charge on any atom is -0.394 e. The predicted octanol–water partition coefficient (Wildman–Crippen LogP) is 2.51. The first-order valence-electron chi connectivity index (χ1n) is 10.5. The van der Waals surface area contributed by atoms with E-state index < -0.39 is 6.04 Å². The van der Waals surface area contributed by atoms with Gasteiger partial charge < -0.3 is 25.6 Å². The topological polar surface area (TPSA) is 97.5 Å². The second kappa shape index (κ2) is 11.0. The van der Waals surface area contributed by atoms with Crippen LogP contribution in [-0.4, -0.2) is 60.2 Å². The molecule has 166 valence electrons. The van der Waals surface area contributed by atoms with E-state index in [-0.39, 0.29) is 18.5 Å². The lowest BCUT2D eigenvalue weighted by Crippen LogP contribution is -2.39. The molecule has 3 amide bonds. The number of H-pyrrole nitrogens is 1. The van der Waals surface area contributed by atoms with Crippen LogP contribution in [0.5, 0.6) is 0 Å². The summed E-state index contributed by atoms with van der Waals surface area (Å²) in [6.07, 6.45) is 2.96. The summed E-state index contributed by atoms with van der Waals surface area (Å²) in [4.78, 5) is 29.0. The SMILES string of the molecule is CNC(=O)N(C)CCC#Cc1cccc(C(=O)N[C@@H](CO)Cc2c[nH]c3ccccc23)c1. The normalized spacial score (nSPS) is 11.3. The number of urea groups is 1. The number of aliphatic hydroxyl groups excluding tert-OH is 1. The van der Waals surface area contributed by atoms with E-state index in [1.165, 1.54) is 0 Å². The number of fused-ring (bicyclic) bond motifs is 1. The third-order valence-corrected chi connectivity index (χ3v) is 5.19. The monoisotopic (exact) mass is 432 g/mol. The van der Waals surface area contributed by atoms with Crippen LogP contribution < -0.4 is 10.6 Å². The van der Waals surface area contributed by atoms with Gasteiger partial charge in [-0.1, -0.05) is 36.1 Å². The summed E-state index contributed by atoms with van der Waals surface area (Å²) in [5.74, 6) is 5.81. The summed E-state index contributed by atoms with van der Waals surface area (Å²) in [5, 5.41) is 16.4. The molecular formula is C25H28N4O3. The van der Waals surface area contributed by atoms with E-state index in [9.17, 15) is 14.7 Å². The van der Waals surface area contributed by atoms with Crippen molar-refractivity contribution in [2.45, 2.75) is 18.9 Å². The number of para-hydroxylation sites is 1. The summed E-state index contributed by atoms with van der Waals surface area (Å²) < 4.78 is 0. The Morgan fingerprint density at radius 1 is 1.19 bits per heavy atom. The Kier molecular flexibility index (Phi) is 7.90. The van der Waals surface area contributed by atoms with Gasteiger partial charge in [-0.15, -0.1) is 0 Å². The summed E-state index contributed by atoms with van der Waals surface area (Å²) in [6.45, 7) is 0.350. The second-order valence-corrected chi connectivity index (χ2v) is 7.53.